The topological polar surface area (TPSA) is 63.7 Å². The highest BCUT2D eigenvalue weighted by atomic mass is 16.5. The van der Waals surface area contributed by atoms with Crippen LogP contribution in [-0.2, 0) is 14.4 Å². The van der Waals surface area contributed by atoms with Crippen LogP contribution in [0.5, 0.6) is 5.75 Å². The predicted octanol–water partition coefficient (Wildman–Crippen LogP) is 2.07. The fourth-order valence-corrected chi connectivity index (χ4v) is 2.92. The molecule has 2 atom stereocenters. The number of fused-ring (bicyclic) bond motifs is 1. The molecule has 0 aromatic heterocycles. The summed E-state index contributed by atoms with van der Waals surface area (Å²) in [6.07, 6.45) is 5.05. The van der Waals surface area contributed by atoms with Gasteiger partial charge in [-0.1, -0.05) is 24.3 Å². The summed E-state index contributed by atoms with van der Waals surface area (Å²) in [6, 6.07) is 6.61. The molecule has 1 heterocycles. The quantitative estimate of drug-likeness (QED) is 0.361. The van der Waals surface area contributed by atoms with Gasteiger partial charge in [-0.05, 0) is 25.0 Å². The normalized spacial score (nSPS) is 24.1. The van der Waals surface area contributed by atoms with Crippen molar-refractivity contribution in [3.63, 3.8) is 0 Å². The summed E-state index contributed by atoms with van der Waals surface area (Å²) in [7, 11) is 0. The Morgan fingerprint density at radius 2 is 1.67 bits per heavy atom. The molecule has 0 spiro atoms. The van der Waals surface area contributed by atoms with Crippen molar-refractivity contribution in [2.24, 2.45) is 11.8 Å². The van der Waals surface area contributed by atoms with Crippen molar-refractivity contribution in [3.05, 3.63) is 36.4 Å². The third-order valence-electron chi connectivity index (χ3n) is 3.87. The van der Waals surface area contributed by atoms with Gasteiger partial charge in [0.05, 0.1) is 17.5 Å². The van der Waals surface area contributed by atoms with E-state index >= 15 is 0 Å². The van der Waals surface area contributed by atoms with Crippen LogP contribution in [-0.4, -0.2) is 17.8 Å². The summed E-state index contributed by atoms with van der Waals surface area (Å²) in [4.78, 5) is 37.4. The molecular formula is C16H15NO4. The Labute approximate surface area is 122 Å². The molecule has 1 aliphatic heterocycles. The smallest absolute Gasteiger partial charge is 0.308 e. The maximum Gasteiger partial charge on any atom is 0.308 e. The number of amides is 2. The molecule has 1 fully saturated rings. The number of para-hydroxylation sites is 2. The van der Waals surface area contributed by atoms with Crippen LogP contribution in [0.1, 0.15) is 19.8 Å². The highest BCUT2D eigenvalue weighted by Crippen LogP contribution is 2.40. The second kappa shape index (κ2) is 5.16. The number of allylic oxidation sites excluding steroid dienone is 2. The average Bonchev–Trinajstić information content (AvgIpc) is 2.72. The zero-order chi connectivity index (χ0) is 15.0. The number of hydrogen-bond acceptors (Lipinski definition) is 4. The Kier molecular flexibility index (Phi) is 3.33. The first-order valence-corrected chi connectivity index (χ1v) is 6.90. The molecule has 21 heavy (non-hydrogen) atoms. The fraction of sp³-hybridized carbons (Fsp3) is 0.312. The summed E-state index contributed by atoms with van der Waals surface area (Å²) in [6.45, 7) is 1.29. The van der Waals surface area contributed by atoms with Gasteiger partial charge in [-0.2, -0.15) is 0 Å². The molecule has 1 aromatic carbocycles. The molecule has 0 radical (unpaired) electrons. The van der Waals surface area contributed by atoms with Crippen molar-refractivity contribution in [1.29, 1.82) is 0 Å². The minimum absolute atomic E-state index is 0.214. The van der Waals surface area contributed by atoms with Crippen molar-refractivity contribution in [1.82, 2.24) is 0 Å². The molecule has 0 saturated carbocycles. The van der Waals surface area contributed by atoms with E-state index in [0.717, 1.165) is 0 Å². The Bertz CT molecular complexity index is 623. The molecule has 0 N–H and O–H groups in total. The number of esters is 1. The van der Waals surface area contributed by atoms with Gasteiger partial charge in [0.2, 0.25) is 11.8 Å². The van der Waals surface area contributed by atoms with Crippen LogP contribution in [0.4, 0.5) is 5.69 Å². The number of carbonyl (C=O) groups is 3. The lowest BCUT2D eigenvalue weighted by molar-refractivity contribution is -0.132. The lowest BCUT2D eigenvalue weighted by Crippen LogP contribution is -2.31. The lowest BCUT2D eigenvalue weighted by atomic mass is 9.85. The standard InChI is InChI=1S/C16H15NO4/c1-10(18)21-14-9-5-4-8-13(14)17-15(19)11-6-2-3-7-12(11)16(17)20/h2-5,8-9,11-12H,6-7H2,1H3/t11-,12-/m1/s1. The molecular weight excluding hydrogens is 270 g/mol. The number of anilines is 1. The monoisotopic (exact) mass is 285 g/mol. The fourth-order valence-electron chi connectivity index (χ4n) is 2.92. The molecule has 2 aliphatic rings. The van der Waals surface area contributed by atoms with Gasteiger partial charge in [0.15, 0.2) is 5.75 Å². The zero-order valence-corrected chi connectivity index (χ0v) is 11.6. The molecule has 1 aliphatic carbocycles. The van der Waals surface area contributed by atoms with Crippen LogP contribution in [0, 0.1) is 11.8 Å². The maximum absolute atomic E-state index is 12.5. The van der Waals surface area contributed by atoms with Gasteiger partial charge in [0, 0.05) is 6.92 Å². The second-order valence-electron chi connectivity index (χ2n) is 5.23. The minimum Gasteiger partial charge on any atom is -0.424 e. The first-order valence-electron chi connectivity index (χ1n) is 6.90. The van der Waals surface area contributed by atoms with E-state index in [1.807, 2.05) is 12.2 Å². The van der Waals surface area contributed by atoms with Gasteiger partial charge in [-0.15, -0.1) is 0 Å². The Balaban J connectivity index is 1.99. The lowest BCUT2D eigenvalue weighted by Gasteiger charge is -2.17. The maximum atomic E-state index is 12.5. The van der Waals surface area contributed by atoms with Crippen LogP contribution < -0.4 is 9.64 Å². The third-order valence-corrected chi connectivity index (χ3v) is 3.87. The van der Waals surface area contributed by atoms with Crippen molar-refractivity contribution < 1.29 is 19.1 Å². The summed E-state index contributed by atoms with van der Waals surface area (Å²) in [5, 5.41) is 0. The number of rotatable bonds is 2. The first-order chi connectivity index (χ1) is 10.1. The SMILES string of the molecule is CC(=O)Oc1ccccc1N1C(=O)[C@@H]2CC=CC[C@H]2C1=O. The van der Waals surface area contributed by atoms with Crippen molar-refractivity contribution in [2.45, 2.75) is 19.8 Å². The zero-order valence-electron chi connectivity index (χ0n) is 11.6. The van der Waals surface area contributed by atoms with Gasteiger partial charge < -0.3 is 4.74 Å². The van der Waals surface area contributed by atoms with Gasteiger partial charge in [0.25, 0.3) is 0 Å². The van der Waals surface area contributed by atoms with E-state index in [9.17, 15) is 14.4 Å². The average molecular weight is 285 g/mol. The Hall–Kier alpha value is -2.43. The molecule has 3 rings (SSSR count). The largest absolute Gasteiger partial charge is 0.424 e. The van der Waals surface area contributed by atoms with Gasteiger partial charge in [-0.25, -0.2) is 4.90 Å². The van der Waals surface area contributed by atoms with E-state index in [2.05, 4.69) is 0 Å². The van der Waals surface area contributed by atoms with Crippen molar-refractivity contribution in [2.75, 3.05) is 4.90 Å². The van der Waals surface area contributed by atoms with Crippen molar-refractivity contribution in [3.8, 4) is 5.75 Å². The summed E-state index contributed by atoms with van der Waals surface area (Å²) in [5.74, 6) is -1.28. The number of carbonyl (C=O) groups excluding carboxylic acids is 3. The van der Waals surface area contributed by atoms with E-state index in [-0.39, 0.29) is 29.4 Å². The molecule has 1 saturated heterocycles. The highest BCUT2D eigenvalue weighted by Gasteiger charge is 2.48. The Morgan fingerprint density at radius 1 is 1.10 bits per heavy atom. The number of hydrogen-bond donors (Lipinski definition) is 0. The van der Waals surface area contributed by atoms with Gasteiger partial charge in [-0.3, -0.25) is 14.4 Å². The molecule has 108 valence electrons. The number of ether oxygens (including phenoxy) is 1. The van der Waals surface area contributed by atoms with Gasteiger partial charge in [0.1, 0.15) is 0 Å². The first kappa shape index (κ1) is 13.5. The third kappa shape index (κ3) is 2.24. The van der Waals surface area contributed by atoms with Crippen LogP contribution >= 0.6 is 0 Å². The van der Waals surface area contributed by atoms with E-state index in [0.29, 0.717) is 18.5 Å². The summed E-state index contributed by atoms with van der Waals surface area (Å²) < 4.78 is 5.11. The molecule has 5 nitrogen and oxygen atoms in total. The van der Waals surface area contributed by atoms with Crippen LogP contribution in [0.25, 0.3) is 0 Å². The molecule has 0 bridgehead atoms. The van der Waals surface area contributed by atoms with E-state index < -0.39 is 5.97 Å². The Morgan fingerprint density at radius 3 is 2.24 bits per heavy atom. The second-order valence-corrected chi connectivity index (χ2v) is 5.23. The molecule has 0 unspecified atom stereocenters. The van der Waals surface area contributed by atoms with Crippen LogP contribution in [0.15, 0.2) is 36.4 Å². The van der Waals surface area contributed by atoms with Crippen molar-refractivity contribution >= 4 is 23.5 Å². The predicted molar refractivity (Wildman–Crippen MR) is 75.6 cm³/mol. The van der Waals surface area contributed by atoms with E-state index in [4.69, 9.17) is 4.74 Å². The summed E-state index contributed by atoms with van der Waals surface area (Å²) >= 11 is 0. The highest BCUT2D eigenvalue weighted by molar-refractivity contribution is 6.22. The number of nitrogens with zero attached hydrogens (tertiary/aromatic N) is 1. The number of imide groups is 1. The molecule has 5 heteroatoms. The molecule has 1 aromatic rings. The summed E-state index contributed by atoms with van der Waals surface area (Å²) in [5.41, 5.74) is 0.345. The van der Waals surface area contributed by atoms with Crippen LogP contribution in [0.3, 0.4) is 0 Å². The van der Waals surface area contributed by atoms with Crippen LogP contribution in [0.2, 0.25) is 0 Å². The molecule has 2 amide bonds. The minimum atomic E-state index is -0.486. The van der Waals surface area contributed by atoms with Gasteiger partial charge >= 0.3 is 5.97 Å². The van der Waals surface area contributed by atoms with E-state index in [1.165, 1.54) is 11.8 Å². The number of benzene rings is 1. The van der Waals surface area contributed by atoms with E-state index in [1.54, 1.807) is 24.3 Å².